The van der Waals surface area contributed by atoms with E-state index in [0.29, 0.717) is 0 Å². The summed E-state index contributed by atoms with van der Waals surface area (Å²) in [6.07, 6.45) is 11.7. The van der Waals surface area contributed by atoms with Crippen LogP contribution in [0.2, 0.25) is 0 Å². The summed E-state index contributed by atoms with van der Waals surface area (Å²) in [6.45, 7) is 0. The van der Waals surface area contributed by atoms with E-state index in [1.165, 1.54) is 11.1 Å². The second-order valence-electron chi connectivity index (χ2n) is 5.76. The molecule has 0 aliphatic rings. The van der Waals surface area contributed by atoms with Crippen LogP contribution in [0, 0.1) is 0 Å². The molecule has 25 heavy (non-hydrogen) atoms. The molecule has 0 aromatic carbocycles. The van der Waals surface area contributed by atoms with Gasteiger partial charge in [0.2, 0.25) is 0 Å². The van der Waals surface area contributed by atoms with Gasteiger partial charge in [-0.1, -0.05) is 6.07 Å². The molecular formula is C21H16N4. The lowest BCUT2D eigenvalue weighted by atomic mass is 10.0. The predicted octanol–water partition coefficient (Wildman–Crippen LogP) is 4.19. The molecule has 4 aromatic rings. The van der Waals surface area contributed by atoms with Crippen LogP contribution in [0.25, 0.3) is 22.5 Å². The Morgan fingerprint density at radius 2 is 1.20 bits per heavy atom. The minimum absolute atomic E-state index is 0.812. The number of nitrogens with zero attached hydrogens (tertiary/aromatic N) is 4. The molecule has 0 saturated carbocycles. The summed E-state index contributed by atoms with van der Waals surface area (Å²) >= 11 is 0. The van der Waals surface area contributed by atoms with Crippen LogP contribution in [-0.4, -0.2) is 19.9 Å². The Balaban J connectivity index is 1.80. The van der Waals surface area contributed by atoms with E-state index in [9.17, 15) is 0 Å². The van der Waals surface area contributed by atoms with Crippen LogP contribution in [0.1, 0.15) is 11.1 Å². The summed E-state index contributed by atoms with van der Waals surface area (Å²) in [4.78, 5) is 17.2. The summed E-state index contributed by atoms with van der Waals surface area (Å²) in [5, 5.41) is 0. The molecule has 120 valence electrons. The van der Waals surface area contributed by atoms with Gasteiger partial charge in [0.15, 0.2) is 0 Å². The Morgan fingerprint density at radius 1 is 0.600 bits per heavy atom. The maximum Gasteiger partial charge on any atom is 0.0713 e. The van der Waals surface area contributed by atoms with Gasteiger partial charge in [-0.3, -0.25) is 15.0 Å². The second kappa shape index (κ2) is 7.01. The van der Waals surface area contributed by atoms with E-state index in [0.717, 1.165) is 28.9 Å². The summed E-state index contributed by atoms with van der Waals surface area (Å²) in [5.41, 5.74) is 6.36. The Morgan fingerprint density at radius 3 is 1.72 bits per heavy atom. The number of aromatic nitrogens is 4. The van der Waals surface area contributed by atoms with Crippen molar-refractivity contribution in [3.8, 4) is 22.5 Å². The van der Waals surface area contributed by atoms with Crippen molar-refractivity contribution in [2.75, 3.05) is 0 Å². The van der Waals surface area contributed by atoms with Gasteiger partial charge in [-0.15, -0.1) is 0 Å². The fourth-order valence-corrected chi connectivity index (χ4v) is 2.77. The molecule has 4 aromatic heterocycles. The van der Waals surface area contributed by atoms with Crippen LogP contribution in [0.4, 0.5) is 0 Å². The fraction of sp³-hybridized carbons (Fsp3) is 0.0476. The van der Waals surface area contributed by atoms with Gasteiger partial charge in [0.1, 0.15) is 0 Å². The van der Waals surface area contributed by atoms with Crippen molar-refractivity contribution >= 4 is 0 Å². The van der Waals surface area contributed by atoms with Crippen LogP contribution < -0.4 is 0 Å². The van der Waals surface area contributed by atoms with Gasteiger partial charge in [0.05, 0.1) is 11.4 Å². The van der Waals surface area contributed by atoms with Gasteiger partial charge in [0, 0.05) is 48.3 Å². The zero-order valence-electron chi connectivity index (χ0n) is 13.6. The number of pyridine rings is 4. The quantitative estimate of drug-likeness (QED) is 0.565. The molecule has 0 N–H and O–H groups in total. The average Bonchev–Trinajstić information content (AvgIpc) is 2.70. The van der Waals surface area contributed by atoms with E-state index in [2.05, 4.69) is 33.2 Å². The zero-order chi connectivity index (χ0) is 16.9. The van der Waals surface area contributed by atoms with E-state index >= 15 is 0 Å². The number of hydrogen-bond donors (Lipinski definition) is 0. The third kappa shape index (κ3) is 3.58. The summed E-state index contributed by atoms with van der Waals surface area (Å²) in [5.74, 6) is 0. The molecule has 0 unspecified atom stereocenters. The Bertz CT molecular complexity index is 897. The molecule has 0 amide bonds. The van der Waals surface area contributed by atoms with Crippen LogP contribution in [0.5, 0.6) is 0 Å². The van der Waals surface area contributed by atoms with Crippen molar-refractivity contribution in [1.82, 2.24) is 19.9 Å². The molecule has 4 nitrogen and oxygen atoms in total. The van der Waals surface area contributed by atoms with Gasteiger partial charge in [-0.05, 0) is 60.0 Å². The first-order chi connectivity index (χ1) is 12.4. The van der Waals surface area contributed by atoms with Crippen LogP contribution in [-0.2, 0) is 6.42 Å². The summed E-state index contributed by atoms with van der Waals surface area (Å²) in [7, 11) is 0. The molecule has 4 rings (SSSR count). The third-order valence-corrected chi connectivity index (χ3v) is 3.97. The highest BCUT2D eigenvalue weighted by molar-refractivity contribution is 5.67. The summed E-state index contributed by atoms with van der Waals surface area (Å²) in [6, 6.07) is 16.2. The number of rotatable bonds is 4. The van der Waals surface area contributed by atoms with Crippen molar-refractivity contribution in [2.45, 2.75) is 6.42 Å². The molecule has 0 atom stereocenters. The zero-order valence-corrected chi connectivity index (χ0v) is 13.6. The average molecular weight is 324 g/mol. The van der Waals surface area contributed by atoms with Crippen LogP contribution >= 0.6 is 0 Å². The highest BCUT2D eigenvalue weighted by atomic mass is 14.7. The lowest BCUT2D eigenvalue weighted by Crippen LogP contribution is -1.95. The minimum atomic E-state index is 0.812. The molecule has 0 fully saturated rings. The molecule has 0 spiro atoms. The molecule has 0 aliphatic carbocycles. The highest BCUT2D eigenvalue weighted by Crippen LogP contribution is 2.25. The molecule has 0 radical (unpaired) electrons. The highest BCUT2D eigenvalue weighted by Gasteiger charge is 2.08. The molecule has 0 bridgehead atoms. The van der Waals surface area contributed by atoms with E-state index in [4.69, 9.17) is 4.98 Å². The van der Waals surface area contributed by atoms with E-state index in [1.54, 1.807) is 31.0 Å². The predicted molar refractivity (Wildman–Crippen MR) is 97.7 cm³/mol. The maximum absolute atomic E-state index is 4.84. The third-order valence-electron chi connectivity index (χ3n) is 3.97. The Hall–Kier alpha value is -3.40. The minimum Gasteiger partial charge on any atom is -0.265 e. The largest absolute Gasteiger partial charge is 0.265 e. The smallest absolute Gasteiger partial charge is 0.0713 e. The normalized spacial score (nSPS) is 10.6. The Labute approximate surface area is 146 Å². The van der Waals surface area contributed by atoms with Crippen molar-refractivity contribution in [3.63, 3.8) is 0 Å². The molecule has 4 heterocycles. The lowest BCUT2D eigenvalue weighted by Gasteiger charge is -2.10. The van der Waals surface area contributed by atoms with Crippen LogP contribution in [0.3, 0.4) is 0 Å². The fourth-order valence-electron chi connectivity index (χ4n) is 2.77. The van der Waals surface area contributed by atoms with Crippen LogP contribution in [0.15, 0.2) is 85.7 Å². The SMILES string of the molecule is c1cncc(Cc2cc(-c3ccncc3)nc(-c3ccncc3)c2)c1. The van der Waals surface area contributed by atoms with Gasteiger partial charge in [-0.25, -0.2) is 4.98 Å². The van der Waals surface area contributed by atoms with Crippen molar-refractivity contribution < 1.29 is 0 Å². The lowest BCUT2D eigenvalue weighted by molar-refractivity contribution is 1.13. The van der Waals surface area contributed by atoms with Crippen molar-refractivity contribution in [3.05, 3.63) is 96.8 Å². The van der Waals surface area contributed by atoms with Gasteiger partial charge in [0.25, 0.3) is 0 Å². The topological polar surface area (TPSA) is 51.6 Å². The van der Waals surface area contributed by atoms with E-state index in [-0.39, 0.29) is 0 Å². The van der Waals surface area contributed by atoms with E-state index < -0.39 is 0 Å². The van der Waals surface area contributed by atoms with Gasteiger partial charge >= 0.3 is 0 Å². The second-order valence-corrected chi connectivity index (χ2v) is 5.76. The molecule has 0 saturated heterocycles. The van der Waals surface area contributed by atoms with Crippen molar-refractivity contribution in [2.24, 2.45) is 0 Å². The number of hydrogen-bond acceptors (Lipinski definition) is 4. The van der Waals surface area contributed by atoms with E-state index in [1.807, 2.05) is 36.5 Å². The van der Waals surface area contributed by atoms with Gasteiger partial charge in [-0.2, -0.15) is 0 Å². The Kier molecular flexibility index (Phi) is 4.25. The maximum atomic E-state index is 4.84. The first kappa shape index (κ1) is 15.1. The molecule has 0 aliphatic heterocycles. The van der Waals surface area contributed by atoms with Gasteiger partial charge < -0.3 is 0 Å². The summed E-state index contributed by atoms with van der Waals surface area (Å²) < 4.78 is 0. The molecular weight excluding hydrogens is 308 g/mol. The standard InChI is InChI=1S/C21H16N4/c1-2-16(15-24-7-1)12-17-13-20(18-3-8-22-9-4-18)25-21(14-17)19-5-10-23-11-6-19/h1-11,13-15H,12H2. The molecule has 4 heteroatoms. The first-order valence-electron chi connectivity index (χ1n) is 8.09. The van der Waals surface area contributed by atoms with Crippen molar-refractivity contribution in [1.29, 1.82) is 0 Å². The monoisotopic (exact) mass is 324 g/mol. The first-order valence-corrected chi connectivity index (χ1v) is 8.09.